The first-order valence-electron chi connectivity index (χ1n) is 14.1. The Hall–Kier alpha value is -3.49. The summed E-state index contributed by atoms with van der Waals surface area (Å²) in [6.07, 6.45) is 1.34. The zero-order valence-electron chi connectivity index (χ0n) is 24.4. The molecule has 230 valence electrons. The molecule has 11 nitrogen and oxygen atoms in total. The number of anilines is 2. The SMILES string of the molecule is CN(C)CC[C@H](CCSc1ccccc1)Nc1c(N2CCNCC2)cc(S(N)(=O)=O)c(C(=O)c2ccccc2)c1[N+](=O)[O-]. The van der Waals surface area contributed by atoms with Gasteiger partial charge in [-0.1, -0.05) is 48.5 Å². The minimum absolute atomic E-state index is 0.125. The molecule has 1 aliphatic rings. The van der Waals surface area contributed by atoms with Gasteiger partial charge in [-0.2, -0.15) is 0 Å². The molecule has 1 heterocycles. The molecule has 1 fully saturated rings. The first kappa shape index (κ1) is 32.4. The molecule has 4 N–H and O–H groups in total. The van der Waals surface area contributed by atoms with Crippen molar-refractivity contribution >= 4 is 44.6 Å². The Bertz CT molecular complexity index is 1510. The second kappa shape index (κ2) is 14.8. The van der Waals surface area contributed by atoms with Crippen molar-refractivity contribution in [2.24, 2.45) is 5.14 Å². The molecule has 1 aliphatic heterocycles. The van der Waals surface area contributed by atoms with Gasteiger partial charge in [0.25, 0.3) is 0 Å². The molecule has 0 saturated carbocycles. The Morgan fingerprint density at radius 1 is 1.09 bits per heavy atom. The highest BCUT2D eigenvalue weighted by molar-refractivity contribution is 7.99. The zero-order valence-corrected chi connectivity index (χ0v) is 26.0. The number of nitrogens with one attached hydrogen (secondary N) is 2. The first-order valence-corrected chi connectivity index (χ1v) is 16.6. The maximum Gasteiger partial charge on any atom is 0.306 e. The number of ketones is 1. The van der Waals surface area contributed by atoms with Gasteiger partial charge in [-0.05, 0) is 57.4 Å². The van der Waals surface area contributed by atoms with E-state index >= 15 is 0 Å². The Labute approximate surface area is 257 Å². The number of thioether (sulfide) groups is 1. The standard InChI is InChI=1S/C30H38N6O5S2/c1-34(2)17-13-23(14-20-42-24-11-7-4-8-12-24)33-28-25(35-18-15-32-16-19-35)21-26(43(31,40)41)27(29(28)36(38)39)30(37)22-9-5-3-6-10-22/h3-12,21,23,32-33H,13-20H2,1-2H3,(H2,31,40,41)/t23-/m1/s1. The third-order valence-electron chi connectivity index (χ3n) is 7.21. The molecule has 1 saturated heterocycles. The number of nitrogens with two attached hydrogens (primary N) is 1. The van der Waals surface area contributed by atoms with E-state index in [0.29, 0.717) is 44.7 Å². The molecule has 3 aromatic rings. The lowest BCUT2D eigenvalue weighted by atomic mass is 9.98. The van der Waals surface area contributed by atoms with Crippen LogP contribution in [0.3, 0.4) is 0 Å². The van der Waals surface area contributed by atoms with E-state index in [2.05, 4.69) is 10.6 Å². The van der Waals surface area contributed by atoms with Crippen LogP contribution in [-0.2, 0) is 10.0 Å². The number of carbonyl (C=O) groups excluding carboxylic acids is 1. The smallest absolute Gasteiger partial charge is 0.306 e. The third kappa shape index (κ3) is 8.54. The summed E-state index contributed by atoms with van der Waals surface area (Å²) < 4.78 is 25.9. The maximum atomic E-state index is 13.8. The van der Waals surface area contributed by atoms with Gasteiger partial charge >= 0.3 is 5.69 Å². The van der Waals surface area contributed by atoms with Crippen LogP contribution in [0.1, 0.15) is 28.8 Å². The third-order valence-corrected chi connectivity index (χ3v) is 9.19. The fraction of sp³-hybridized carbons (Fsp3) is 0.367. The minimum Gasteiger partial charge on any atom is -0.375 e. The second-order valence-electron chi connectivity index (χ2n) is 10.6. The van der Waals surface area contributed by atoms with E-state index in [1.807, 2.05) is 54.2 Å². The summed E-state index contributed by atoms with van der Waals surface area (Å²) in [5.74, 6) is -0.0348. The summed E-state index contributed by atoms with van der Waals surface area (Å²) in [5, 5.41) is 25.2. The summed E-state index contributed by atoms with van der Waals surface area (Å²) in [5.41, 5.74) is -0.524. The van der Waals surface area contributed by atoms with Crippen LogP contribution in [0.4, 0.5) is 17.1 Å². The van der Waals surface area contributed by atoms with Crippen molar-refractivity contribution in [2.75, 3.05) is 62.8 Å². The predicted molar refractivity (Wildman–Crippen MR) is 172 cm³/mol. The van der Waals surface area contributed by atoms with Crippen LogP contribution >= 0.6 is 11.8 Å². The summed E-state index contributed by atoms with van der Waals surface area (Å²) >= 11 is 1.69. The fourth-order valence-electron chi connectivity index (χ4n) is 5.03. The van der Waals surface area contributed by atoms with Gasteiger partial charge in [0.2, 0.25) is 15.8 Å². The molecule has 13 heteroatoms. The van der Waals surface area contributed by atoms with E-state index in [9.17, 15) is 23.3 Å². The lowest BCUT2D eigenvalue weighted by Gasteiger charge is -2.33. The molecule has 3 aromatic carbocycles. The molecule has 0 unspecified atom stereocenters. The van der Waals surface area contributed by atoms with Crippen LogP contribution in [0.5, 0.6) is 0 Å². The number of nitrogens with zero attached hydrogens (tertiary/aromatic N) is 3. The normalized spacial score (nSPS) is 14.5. The van der Waals surface area contributed by atoms with Crippen LogP contribution < -0.4 is 20.7 Å². The van der Waals surface area contributed by atoms with Gasteiger partial charge in [0.15, 0.2) is 0 Å². The molecule has 0 radical (unpaired) electrons. The van der Waals surface area contributed by atoms with E-state index in [0.717, 1.165) is 17.2 Å². The minimum atomic E-state index is -4.52. The summed E-state index contributed by atoms with van der Waals surface area (Å²) in [6.45, 7) is 2.93. The van der Waals surface area contributed by atoms with Gasteiger partial charge in [0, 0.05) is 42.7 Å². The Morgan fingerprint density at radius 3 is 2.30 bits per heavy atom. The number of carbonyl (C=O) groups is 1. The molecule has 0 spiro atoms. The Balaban J connectivity index is 1.86. The topological polar surface area (TPSA) is 151 Å². The number of benzene rings is 3. The average Bonchev–Trinajstić information content (AvgIpc) is 2.99. The van der Waals surface area contributed by atoms with Gasteiger partial charge in [-0.15, -0.1) is 11.8 Å². The molecule has 4 rings (SSSR count). The highest BCUT2D eigenvalue weighted by Crippen LogP contribution is 2.43. The highest BCUT2D eigenvalue weighted by atomic mass is 32.2. The molecular weight excluding hydrogens is 589 g/mol. The Kier molecular flexibility index (Phi) is 11.2. The fourth-order valence-corrected chi connectivity index (χ4v) is 6.77. The van der Waals surface area contributed by atoms with Gasteiger partial charge in [0.05, 0.1) is 10.6 Å². The lowest BCUT2D eigenvalue weighted by Crippen LogP contribution is -2.44. The van der Waals surface area contributed by atoms with E-state index in [4.69, 9.17) is 5.14 Å². The maximum absolute atomic E-state index is 13.8. The molecule has 43 heavy (non-hydrogen) atoms. The van der Waals surface area contributed by atoms with Crippen LogP contribution in [0.15, 0.2) is 76.5 Å². The first-order chi connectivity index (χ1) is 20.6. The average molecular weight is 627 g/mol. The van der Waals surface area contributed by atoms with E-state index < -0.39 is 36.9 Å². The number of sulfonamides is 1. The molecule has 0 bridgehead atoms. The second-order valence-corrected chi connectivity index (χ2v) is 13.3. The van der Waals surface area contributed by atoms with Crippen LogP contribution in [0.2, 0.25) is 0 Å². The largest absolute Gasteiger partial charge is 0.375 e. The molecule has 0 amide bonds. The number of piperazine rings is 1. The predicted octanol–water partition coefficient (Wildman–Crippen LogP) is 3.80. The lowest BCUT2D eigenvalue weighted by molar-refractivity contribution is -0.384. The van der Waals surface area contributed by atoms with Gasteiger partial charge in [0.1, 0.15) is 16.1 Å². The number of primary sulfonamides is 1. The number of hydrogen-bond donors (Lipinski definition) is 3. The highest BCUT2D eigenvalue weighted by Gasteiger charge is 2.37. The summed E-state index contributed by atoms with van der Waals surface area (Å²) in [7, 11) is -0.600. The van der Waals surface area contributed by atoms with Crippen LogP contribution in [0.25, 0.3) is 0 Å². The molecule has 0 aliphatic carbocycles. The van der Waals surface area contributed by atoms with Crippen LogP contribution in [-0.4, -0.2) is 82.6 Å². The molecular formula is C30H38N6O5S2. The van der Waals surface area contributed by atoms with Crippen molar-refractivity contribution < 1.29 is 18.1 Å². The number of rotatable bonds is 14. The van der Waals surface area contributed by atoms with Crippen LogP contribution in [0, 0.1) is 10.1 Å². The monoisotopic (exact) mass is 626 g/mol. The Morgan fingerprint density at radius 2 is 1.72 bits per heavy atom. The van der Waals surface area contributed by atoms with Crippen molar-refractivity contribution in [3.05, 3.63) is 88.0 Å². The zero-order chi connectivity index (χ0) is 31.0. The van der Waals surface area contributed by atoms with Crippen molar-refractivity contribution in [3.8, 4) is 0 Å². The van der Waals surface area contributed by atoms with Gasteiger partial charge in [-0.3, -0.25) is 14.9 Å². The molecule has 1 atom stereocenters. The van der Waals surface area contributed by atoms with E-state index in [1.165, 1.54) is 18.2 Å². The number of nitro benzene ring substituents is 1. The summed E-state index contributed by atoms with van der Waals surface area (Å²) in [6, 6.07) is 19.0. The van der Waals surface area contributed by atoms with Crippen molar-refractivity contribution in [2.45, 2.75) is 28.7 Å². The molecule has 0 aromatic heterocycles. The quantitative estimate of drug-likeness (QED) is 0.104. The van der Waals surface area contributed by atoms with E-state index in [1.54, 1.807) is 30.0 Å². The van der Waals surface area contributed by atoms with Gasteiger partial charge < -0.3 is 20.4 Å². The van der Waals surface area contributed by atoms with E-state index in [-0.39, 0.29) is 17.3 Å². The van der Waals surface area contributed by atoms with Crippen molar-refractivity contribution in [1.29, 1.82) is 0 Å². The number of hydrogen-bond acceptors (Lipinski definition) is 10. The number of nitro groups is 1. The van der Waals surface area contributed by atoms with Crippen molar-refractivity contribution in [3.63, 3.8) is 0 Å². The van der Waals surface area contributed by atoms with Crippen molar-refractivity contribution in [1.82, 2.24) is 10.2 Å². The van der Waals surface area contributed by atoms with Gasteiger partial charge in [-0.25, -0.2) is 13.6 Å². The summed E-state index contributed by atoms with van der Waals surface area (Å²) in [4.78, 5) is 30.5.